The van der Waals surface area contributed by atoms with Crippen LogP contribution in [0.4, 0.5) is 0 Å². The van der Waals surface area contributed by atoms with Gasteiger partial charge in [0.1, 0.15) is 0 Å². The van der Waals surface area contributed by atoms with Gasteiger partial charge in [0.05, 0.1) is 23.3 Å². The van der Waals surface area contributed by atoms with Crippen molar-refractivity contribution in [1.29, 1.82) is 0 Å². The molecule has 0 unspecified atom stereocenters. The van der Waals surface area contributed by atoms with E-state index in [0.717, 1.165) is 43.8 Å². The topological polar surface area (TPSA) is 144 Å². The van der Waals surface area contributed by atoms with E-state index in [9.17, 15) is 0 Å². The van der Waals surface area contributed by atoms with Crippen LogP contribution < -0.4 is 9.97 Å². The Balaban J connectivity index is 0.00000256. The molecule has 8 bridgehead atoms. The van der Waals surface area contributed by atoms with Gasteiger partial charge in [-0.1, -0.05) is 24.3 Å². The molecule has 11 nitrogen and oxygen atoms in total. The first-order valence-electron chi connectivity index (χ1n) is 12.4. The summed E-state index contributed by atoms with van der Waals surface area (Å²) in [6.07, 6.45) is 10.3. The Morgan fingerprint density at radius 1 is 0.390 bits per heavy atom. The van der Waals surface area contributed by atoms with Crippen molar-refractivity contribution in [2.24, 2.45) is 0 Å². The SMILES string of the molecule is [Cu+2].c1ccc2c(c1)-c1nc-2nc2[n-]c(nc3nc(nc4[n-]c(n1)c1ccncc41)-c1cnccc1-3)c1ccncc21. The maximum Gasteiger partial charge on any atom is 2.00 e. The molecule has 12 heteroatoms. The summed E-state index contributed by atoms with van der Waals surface area (Å²) in [7, 11) is 0. The van der Waals surface area contributed by atoms with Crippen molar-refractivity contribution in [3.8, 4) is 45.6 Å². The van der Waals surface area contributed by atoms with Crippen LogP contribution in [0.25, 0.3) is 89.7 Å². The third-order valence-electron chi connectivity index (χ3n) is 7.01. The molecule has 0 saturated carbocycles. The fraction of sp³-hybridized carbons (Fsp3) is 0. The van der Waals surface area contributed by atoms with Crippen LogP contribution in [0.2, 0.25) is 0 Å². The van der Waals surface area contributed by atoms with Gasteiger partial charge in [0.2, 0.25) is 0 Å². The summed E-state index contributed by atoms with van der Waals surface area (Å²) >= 11 is 0. The monoisotopic (exact) mass is 578 g/mol. The molecule has 1 radical (unpaired) electrons. The fourth-order valence-corrected chi connectivity index (χ4v) is 5.14. The van der Waals surface area contributed by atoms with E-state index in [1.807, 2.05) is 42.5 Å². The standard InChI is InChI=1S/C29H13N11.Cu/c1-2-4-15-14(3-1)22-33-23(15)36-27-19-11-30-8-5-16(19)25(37-27)35-26-18-7-10-32-13-21(18)29(39-26)40-28-20-12-31-9-6-17(20)24(34-22)38-28;/h1-13H;/q-2;+2. The Bertz CT molecular complexity index is 2040. The molecule has 7 aromatic rings. The zero-order valence-corrected chi connectivity index (χ0v) is 21.7. The zero-order chi connectivity index (χ0) is 26.2. The molecule has 195 valence electrons. The number of benzene rings is 1. The number of pyridine rings is 3. The summed E-state index contributed by atoms with van der Waals surface area (Å²) in [5.41, 5.74) is 5.15. The van der Waals surface area contributed by atoms with Crippen molar-refractivity contribution in [1.82, 2.24) is 54.8 Å². The number of rotatable bonds is 0. The van der Waals surface area contributed by atoms with Gasteiger partial charge in [-0.05, 0) is 29.0 Å². The summed E-state index contributed by atoms with van der Waals surface area (Å²) in [6, 6.07) is 13.5. The maximum absolute atomic E-state index is 4.90. The predicted molar refractivity (Wildman–Crippen MR) is 147 cm³/mol. The van der Waals surface area contributed by atoms with E-state index in [-0.39, 0.29) is 17.1 Å². The second-order valence-electron chi connectivity index (χ2n) is 9.29. The van der Waals surface area contributed by atoms with Gasteiger partial charge in [-0.3, -0.25) is 15.0 Å². The van der Waals surface area contributed by atoms with Gasteiger partial charge in [-0.25, -0.2) is 9.97 Å². The second-order valence-corrected chi connectivity index (χ2v) is 9.29. The zero-order valence-electron chi connectivity index (χ0n) is 20.7. The summed E-state index contributed by atoms with van der Waals surface area (Å²) in [5, 5.41) is 3.13. The number of hydrogen-bond acceptors (Lipinski definition) is 9. The fourth-order valence-electron chi connectivity index (χ4n) is 5.14. The third-order valence-corrected chi connectivity index (χ3v) is 7.01. The Hall–Kier alpha value is -5.45. The number of nitrogens with zero attached hydrogens (tertiary/aromatic N) is 11. The van der Waals surface area contributed by atoms with E-state index in [1.54, 1.807) is 37.2 Å². The Morgan fingerprint density at radius 2 is 0.805 bits per heavy atom. The van der Waals surface area contributed by atoms with Gasteiger partial charge in [-0.15, -0.1) is 0 Å². The van der Waals surface area contributed by atoms with Gasteiger partial charge < -0.3 is 29.9 Å². The molecule has 0 N–H and O–H groups in total. The Labute approximate surface area is 240 Å². The van der Waals surface area contributed by atoms with Crippen LogP contribution in [0.1, 0.15) is 0 Å². The van der Waals surface area contributed by atoms with Crippen molar-refractivity contribution in [2.75, 3.05) is 0 Å². The summed E-state index contributed by atoms with van der Waals surface area (Å²) in [5.74, 6) is 1.94. The molecule has 0 saturated heterocycles. The first-order valence-corrected chi connectivity index (χ1v) is 12.4. The van der Waals surface area contributed by atoms with Crippen LogP contribution in [0, 0.1) is 0 Å². The summed E-state index contributed by atoms with van der Waals surface area (Å²) in [6.45, 7) is 0. The quantitative estimate of drug-likeness (QED) is 0.237. The molecule has 0 atom stereocenters. The van der Waals surface area contributed by atoms with Gasteiger partial charge in [0, 0.05) is 92.8 Å². The number of hydrogen-bond donors (Lipinski definition) is 0. The smallest absolute Gasteiger partial charge is 0.357 e. The van der Waals surface area contributed by atoms with Crippen LogP contribution in [-0.4, -0.2) is 44.9 Å². The van der Waals surface area contributed by atoms with E-state index in [1.165, 1.54) is 0 Å². The first kappa shape index (κ1) is 23.4. The van der Waals surface area contributed by atoms with Crippen molar-refractivity contribution in [2.45, 2.75) is 0 Å². The van der Waals surface area contributed by atoms with Crippen molar-refractivity contribution >= 4 is 44.1 Å². The van der Waals surface area contributed by atoms with E-state index < -0.39 is 0 Å². The molecule has 0 amide bonds. The van der Waals surface area contributed by atoms with Crippen LogP contribution >= 0.6 is 0 Å². The van der Waals surface area contributed by atoms with Crippen molar-refractivity contribution in [3.63, 3.8) is 0 Å². The van der Waals surface area contributed by atoms with Crippen molar-refractivity contribution in [3.05, 3.63) is 79.6 Å². The maximum atomic E-state index is 4.90. The van der Waals surface area contributed by atoms with E-state index in [2.05, 4.69) is 15.0 Å². The van der Waals surface area contributed by atoms with Gasteiger partial charge in [-0.2, -0.15) is 0 Å². The van der Waals surface area contributed by atoms with E-state index in [0.29, 0.717) is 45.9 Å². The van der Waals surface area contributed by atoms with Crippen LogP contribution in [0.15, 0.2) is 79.6 Å². The Kier molecular flexibility index (Phi) is 5.02. The van der Waals surface area contributed by atoms with E-state index >= 15 is 0 Å². The molecule has 2 aliphatic rings. The predicted octanol–water partition coefficient (Wildman–Crippen LogP) is 4.31. The second kappa shape index (κ2) is 8.78. The van der Waals surface area contributed by atoms with Gasteiger partial charge in [0.15, 0.2) is 0 Å². The van der Waals surface area contributed by atoms with Gasteiger partial charge >= 0.3 is 17.1 Å². The Morgan fingerprint density at radius 3 is 1.34 bits per heavy atom. The minimum absolute atomic E-state index is 0. The molecule has 8 heterocycles. The van der Waals surface area contributed by atoms with Crippen LogP contribution in [-0.2, 0) is 17.1 Å². The molecule has 0 fully saturated rings. The number of aromatic nitrogens is 11. The molecule has 0 spiro atoms. The number of fused-ring (bicyclic) bond motifs is 20. The normalized spacial score (nSPS) is 11.7. The van der Waals surface area contributed by atoms with Gasteiger partial charge in [0.25, 0.3) is 0 Å². The summed E-state index contributed by atoms with van der Waals surface area (Å²) < 4.78 is 0. The molecule has 1 aromatic carbocycles. The molecular weight excluding hydrogens is 566 g/mol. The third kappa shape index (κ3) is 3.48. The average Bonchev–Trinajstić information content (AvgIpc) is 3.73. The van der Waals surface area contributed by atoms with Crippen molar-refractivity contribution < 1.29 is 17.1 Å². The largest absolute Gasteiger partial charge is 2.00 e. The molecule has 41 heavy (non-hydrogen) atoms. The minimum Gasteiger partial charge on any atom is -0.357 e. The molecule has 9 rings (SSSR count). The summed E-state index contributed by atoms with van der Waals surface area (Å²) in [4.78, 5) is 51.7. The molecule has 6 aromatic heterocycles. The molecule has 2 aliphatic heterocycles. The molecular formula is C29H13CuN11. The van der Waals surface area contributed by atoms with E-state index in [4.69, 9.17) is 39.9 Å². The minimum atomic E-state index is 0. The molecule has 0 aliphatic carbocycles. The first-order chi connectivity index (χ1) is 19.8. The van der Waals surface area contributed by atoms with Crippen LogP contribution in [0.5, 0.6) is 0 Å². The van der Waals surface area contributed by atoms with Crippen LogP contribution in [0.3, 0.4) is 0 Å². The average molecular weight is 579 g/mol.